The van der Waals surface area contributed by atoms with Crippen molar-refractivity contribution >= 4 is 21.7 Å². The Hall–Kier alpha value is -1.15. The lowest BCUT2D eigenvalue weighted by atomic mass is 10.1. The van der Waals surface area contributed by atoms with E-state index >= 15 is 0 Å². The van der Waals surface area contributed by atoms with E-state index in [1.54, 1.807) is 0 Å². The van der Waals surface area contributed by atoms with Gasteiger partial charge in [0, 0.05) is 13.2 Å². The molecule has 1 fully saturated rings. The Kier molecular flexibility index (Phi) is 4.57. The van der Waals surface area contributed by atoms with E-state index in [2.05, 4.69) is 0 Å². The minimum Gasteiger partial charge on any atom is -0.480 e. The van der Waals surface area contributed by atoms with Crippen LogP contribution in [-0.4, -0.2) is 67.1 Å². The van der Waals surface area contributed by atoms with Gasteiger partial charge in [-0.25, -0.2) is 8.42 Å². The number of hydrogen-bond acceptors (Lipinski definition) is 5. The lowest BCUT2D eigenvalue weighted by molar-refractivity contribution is -0.158. The van der Waals surface area contributed by atoms with Gasteiger partial charge in [-0.2, -0.15) is 0 Å². The fourth-order valence-electron chi connectivity index (χ4n) is 1.97. The van der Waals surface area contributed by atoms with Crippen LogP contribution in [0, 0.1) is 0 Å². The van der Waals surface area contributed by atoms with Crippen LogP contribution < -0.4 is 0 Å². The molecule has 0 aromatic carbocycles. The van der Waals surface area contributed by atoms with E-state index in [1.807, 2.05) is 0 Å². The van der Waals surface area contributed by atoms with Crippen molar-refractivity contribution in [3.05, 3.63) is 0 Å². The van der Waals surface area contributed by atoms with Gasteiger partial charge in [0.05, 0.1) is 11.5 Å². The van der Waals surface area contributed by atoms with Gasteiger partial charge >= 0.3 is 5.97 Å². The van der Waals surface area contributed by atoms with Crippen LogP contribution in [0.1, 0.15) is 20.3 Å². The van der Waals surface area contributed by atoms with Crippen LogP contribution in [0.5, 0.6) is 0 Å². The molecule has 1 rings (SSSR count). The number of aliphatic carboxylic acids is 1. The molecular formula is C11H19NO6S. The van der Waals surface area contributed by atoms with E-state index in [9.17, 15) is 18.0 Å². The van der Waals surface area contributed by atoms with Crippen molar-refractivity contribution in [2.24, 2.45) is 0 Å². The molecule has 110 valence electrons. The zero-order chi connectivity index (χ0) is 14.8. The van der Waals surface area contributed by atoms with Crippen LogP contribution in [-0.2, 0) is 24.2 Å². The first kappa shape index (κ1) is 15.9. The van der Waals surface area contributed by atoms with Crippen molar-refractivity contribution in [1.82, 2.24) is 4.90 Å². The average Bonchev–Trinajstić information content (AvgIpc) is 2.65. The molecule has 1 unspecified atom stereocenters. The molecule has 8 heteroatoms. The van der Waals surface area contributed by atoms with Gasteiger partial charge < -0.3 is 14.7 Å². The zero-order valence-corrected chi connectivity index (χ0v) is 12.1. The van der Waals surface area contributed by atoms with Crippen molar-refractivity contribution in [1.29, 1.82) is 0 Å². The third kappa shape index (κ3) is 3.90. The van der Waals surface area contributed by atoms with Crippen LogP contribution in [0.25, 0.3) is 0 Å². The van der Waals surface area contributed by atoms with Crippen molar-refractivity contribution in [3.63, 3.8) is 0 Å². The maximum atomic E-state index is 12.3. The van der Waals surface area contributed by atoms with E-state index in [4.69, 9.17) is 9.84 Å². The number of carbonyl (C=O) groups is 2. The molecule has 1 aliphatic rings. The molecule has 7 nitrogen and oxygen atoms in total. The molecule has 1 heterocycles. The molecule has 19 heavy (non-hydrogen) atoms. The molecule has 1 aliphatic heterocycles. The molecule has 0 aromatic rings. The third-order valence-corrected chi connectivity index (χ3v) is 4.99. The number of methoxy groups -OCH3 is 1. The molecule has 0 radical (unpaired) electrons. The second-order valence-electron chi connectivity index (χ2n) is 5.10. The highest BCUT2D eigenvalue weighted by Crippen LogP contribution is 2.22. The summed E-state index contributed by atoms with van der Waals surface area (Å²) in [7, 11) is -1.84. The molecule has 0 spiro atoms. The average molecular weight is 293 g/mol. The van der Waals surface area contributed by atoms with Gasteiger partial charge in [0.2, 0.25) is 0 Å². The SMILES string of the molecule is COC(C)(C)C(=O)N(CC(=O)O)C1CCS(=O)(=O)C1. The Bertz CT molecular complexity index is 470. The standard InChI is InChI=1S/C11H19NO6S/c1-11(2,18-3)10(15)12(6-9(13)14)8-4-5-19(16,17)7-8/h8H,4-7H2,1-3H3,(H,13,14). The topological polar surface area (TPSA) is 101 Å². The number of ether oxygens (including phenoxy) is 1. The van der Waals surface area contributed by atoms with Crippen LogP contribution >= 0.6 is 0 Å². The van der Waals surface area contributed by atoms with Crippen molar-refractivity contribution in [2.75, 3.05) is 25.2 Å². The summed E-state index contributed by atoms with van der Waals surface area (Å²) in [6.07, 6.45) is 0.265. The molecule has 0 aliphatic carbocycles. The van der Waals surface area contributed by atoms with Crippen molar-refractivity contribution in [3.8, 4) is 0 Å². The van der Waals surface area contributed by atoms with E-state index in [-0.39, 0.29) is 17.9 Å². The number of amides is 1. The minimum atomic E-state index is -3.19. The van der Waals surface area contributed by atoms with E-state index < -0.39 is 39.9 Å². The van der Waals surface area contributed by atoms with E-state index in [0.29, 0.717) is 0 Å². The summed E-state index contributed by atoms with van der Waals surface area (Å²) in [5, 5.41) is 8.88. The lowest BCUT2D eigenvalue weighted by Crippen LogP contribution is -2.53. The molecule has 1 N–H and O–H groups in total. The van der Waals surface area contributed by atoms with E-state index in [0.717, 1.165) is 4.90 Å². The monoisotopic (exact) mass is 293 g/mol. The summed E-state index contributed by atoms with van der Waals surface area (Å²) in [6, 6.07) is -0.594. The van der Waals surface area contributed by atoms with Gasteiger partial charge in [-0.3, -0.25) is 9.59 Å². The molecule has 1 atom stereocenters. The summed E-state index contributed by atoms with van der Waals surface area (Å²) in [5.74, 6) is -1.90. The molecule has 0 saturated carbocycles. The van der Waals surface area contributed by atoms with Gasteiger partial charge in [-0.1, -0.05) is 0 Å². The molecular weight excluding hydrogens is 274 g/mol. The number of sulfone groups is 1. The Balaban J connectivity index is 2.96. The molecule has 0 aromatic heterocycles. The quantitative estimate of drug-likeness (QED) is 0.734. The van der Waals surface area contributed by atoms with Crippen LogP contribution in [0.2, 0.25) is 0 Å². The summed E-state index contributed by atoms with van der Waals surface area (Å²) in [6.45, 7) is 2.52. The van der Waals surface area contributed by atoms with Crippen molar-refractivity contribution < 1.29 is 27.9 Å². The van der Waals surface area contributed by atoms with Gasteiger partial charge in [-0.05, 0) is 20.3 Å². The fraction of sp³-hybridized carbons (Fsp3) is 0.818. The Morgan fingerprint density at radius 2 is 2.00 bits per heavy atom. The Labute approximate surface area is 112 Å². The van der Waals surface area contributed by atoms with Crippen LogP contribution in [0.15, 0.2) is 0 Å². The number of nitrogens with zero attached hydrogens (tertiary/aromatic N) is 1. The van der Waals surface area contributed by atoms with Gasteiger partial charge in [0.15, 0.2) is 9.84 Å². The zero-order valence-electron chi connectivity index (χ0n) is 11.2. The highest BCUT2D eigenvalue weighted by molar-refractivity contribution is 7.91. The molecule has 1 saturated heterocycles. The van der Waals surface area contributed by atoms with Gasteiger partial charge in [0.1, 0.15) is 12.1 Å². The number of carboxylic acid groups (broad SMARTS) is 1. The normalized spacial score (nSPS) is 22.2. The predicted octanol–water partition coefficient (Wildman–Crippen LogP) is -0.488. The minimum absolute atomic E-state index is 0.0194. The maximum absolute atomic E-state index is 12.3. The highest BCUT2D eigenvalue weighted by Gasteiger charge is 2.40. The van der Waals surface area contributed by atoms with Gasteiger partial charge in [0.25, 0.3) is 5.91 Å². The predicted molar refractivity (Wildman–Crippen MR) is 67.5 cm³/mol. The first-order chi connectivity index (χ1) is 8.59. The number of carboxylic acids is 1. The van der Waals surface area contributed by atoms with Crippen molar-refractivity contribution in [2.45, 2.75) is 31.9 Å². The summed E-state index contributed by atoms with van der Waals surface area (Å²) in [5.41, 5.74) is -1.18. The largest absolute Gasteiger partial charge is 0.480 e. The second-order valence-corrected chi connectivity index (χ2v) is 7.33. The smallest absolute Gasteiger partial charge is 0.323 e. The van der Waals surface area contributed by atoms with Crippen LogP contribution in [0.3, 0.4) is 0 Å². The summed E-state index contributed by atoms with van der Waals surface area (Å²) in [4.78, 5) is 24.2. The highest BCUT2D eigenvalue weighted by atomic mass is 32.2. The number of rotatable bonds is 5. The number of carbonyl (C=O) groups excluding carboxylic acids is 1. The number of hydrogen-bond donors (Lipinski definition) is 1. The fourth-order valence-corrected chi connectivity index (χ4v) is 3.70. The Morgan fingerprint density at radius 1 is 1.42 bits per heavy atom. The third-order valence-electron chi connectivity index (χ3n) is 3.24. The van der Waals surface area contributed by atoms with E-state index in [1.165, 1.54) is 21.0 Å². The first-order valence-electron chi connectivity index (χ1n) is 5.87. The second kappa shape index (κ2) is 5.46. The van der Waals surface area contributed by atoms with Crippen LogP contribution in [0.4, 0.5) is 0 Å². The first-order valence-corrected chi connectivity index (χ1v) is 7.69. The Morgan fingerprint density at radius 3 is 2.37 bits per heavy atom. The maximum Gasteiger partial charge on any atom is 0.323 e. The van der Waals surface area contributed by atoms with Gasteiger partial charge in [-0.15, -0.1) is 0 Å². The lowest BCUT2D eigenvalue weighted by Gasteiger charge is -2.33. The molecule has 1 amide bonds. The molecule has 0 bridgehead atoms. The summed E-state index contributed by atoms with van der Waals surface area (Å²) < 4.78 is 28.0. The summed E-state index contributed by atoms with van der Waals surface area (Å²) >= 11 is 0.